The molecular weight excluding hydrogens is 446 g/mol. The summed E-state index contributed by atoms with van der Waals surface area (Å²) < 4.78 is 20.7. The molecule has 0 aliphatic rings. The smallest absolute Gasteiger partial charge is 0.346 e. The second kappa shape index (κ2) is 11.1. The first-order valence-electron chi connectivity index (χ1n) is 10.0. The molecule has 0 saturated heterocycles. The van der Waals surface area contributed by atoms with Crippen LogP contribution < -0.4 is 14.8 Å². The molecule has 0 spiro atoms. The Morgan fingerprint density at radius 1 is 0.848 bits per heavy atom. The van der Waals surface area contributed by atoms with Crippen LogP contribution in [0.1, 0.15) is 27.6 Å². The van der Waals surface area contributed by atoms with Gasteiger partial charge in [-0.15, -0.1) is 11.3 Å². The second-order valence-electron chi connectivity index (χ2n) is 6.60. The number of thiophene rings is 1. The van der Waals surface area contributed by atoms with Gasteiger partial charge in [-0.1, -0.05) is 36.4 Å². The van der Waals surface area contributed by atoms with Crippen molar-refractivity contribution >= 4 is 34.2 Å². The van der Waals surface area contributed by atoms with Gasteiger partial charge in [0, 0.05) is 10.9 Å². The van der Waals surface area contributed by atoms with Gasteiger partial charge in [0.1, 0.15) is 27.6 Å². The number of ether oxygens (including phenoxy) is 4. The van der Waals surface area contributed by atoms with E-state index < -0.39 is 24.5 Å². The van der Waals surface area contributed by atoms with Crippen LogP contribution in [-0.4, -0.2) is 45.3 Å². The third-order valence-electron chi connectivity index (χ3n) is 4.57. The Morgan fingerprint density at radius 3 is 2.09 bits per heavy atom. The van der Waals surface area contributed by atoms with E-state index in [9.17, 15) is 14.4 Å². The first kappa shape index (κ1) is 23.8. The fourth-order valence-corrected chi connectivity index (χ4v) is 4.08. The number of rotatable bonds is 9. The third-order valence-corrected chi connectivity index (χ3v) is 5.47. The van der Waals surface area contributed by atoms with Gasteiger partial charge in [0.25, 0.3) is 5.91 Å². The summed E-state index contributed by atoms with van der Waals surface area (Å²) in [7, 11) is 2.83. The van der Waals surface area contributed by atoms with Crippen LogP contribution >= 0.6 is 11.3 Å². The lowest BCUT2D eigenvalue weighted by Gasteiger charge is -2.12. The van der Waals surface area contributed by atoms with Gasteiger partial charge in [-0.3, -0.25) is 4.79 Å². The Kier molecular flexibility index (Phi) is 8.04. The minimum atomic E-state index is -0.777. The Labute approximate surface area is 195 Å². The number of hydrogen-bond acceptors (Lipinski definition) is 8. The monoisotopic (exact) mass is 469 g/mol. The number of nitrogens with one attached hydrogen (secondary N) is 1. The maximum Gasteiger partial charge on any atom is 0.346 e. The van der Waals surface area contributed by atoms with Gasteiger partial charge >= 0.3 is 11.9 Å². The maximum absolute atomic E-state index is 12.6. The van der Waals surface area contributed by atoms with Gasteiger partial charge in [-0.25, -0.2) is 9.59 Å². The number of hydrogen-bond donors (Lipinski definition) is 1. The normalized spacial score (nSPS) is 10.3. The Morgan fingerprint density at radius 2 is 1.48 bits per heavy atom. The van der Waals surface area contributed by atoms with E-state index in [0.717, 1.165) is 5.56 Å². The highest BCUT2D eigenvalue weighted by Gasteiger charge is 2.24. The summed E-state index contributed by atoms with van der Waals surface area (Å²) in [5.41, 5.74) is 1.78. The molecule has 0 bridgehead atoms. The molecule has 0 aliphatic heterocycles. The topological polar surface area (TPSA) is 100 Å². The number of esters is 2. The lowest BCUT2D eigenvalue weighted by Crippen LogP contribution is -2.22. The standard InChI is InChI=1S/C24H23NO7S/c1-4-31-23(27)20-16(15-9-6-5-7-10-15)14-33-22(20)25-19(26)13-32-24(28)21-17(29-2)11-8-12-18(21)30-3/h5-12,14H,4,13H2,1-3H3,(H,25,26). The first-order valence-corrected chi connectivity index (χ1v) is 10.9. The molecule has 1 amide bonds. The van der Waals surface area contributed by atoms with Crippen molar-refractivity contribution in [1.82, 2.24) is 0 Å². The molecule has 0 unspecified atom stereocenters. The van der Waals surface area contributed by atoms with Crippen molar-refractivity contribution in [2.24, 2.45) is 0 Å². The quantitative estimate of drug-likeness (QED) is 0.464. The minimum absolute atomic E-state index is 0.0741. The highest BCUT2D eigenvalue weighted by Crippen LogP contribution is 2.36. The second-order valence-corrected chi connectivity index (χ2v) is 7.48. The highest BCUT2D eigenvalue weighted by atomic mass is 32.1. The summed E-state index contributed by atoms with van der Waals surface area (Å²) in [5.74, 6) is -1.42. The fourth-order valence-electron chi connectivity index (χ4n) is 3.10. The van der Waals surface area contributed by atoms with Crippen LogP contribution in [-0.2, 0) is 14.3 Å². The molecule has 33 heavy (non-hydrogen) atoms. The molecule has 0 fully saturated rings. The van der Waals surface area contributed by atoms with Crippen LogP contribution in [0, 0.1) is 0 Å². The van der Waals surface area contributed by atoms with Crippen molar-refractivity contribution in [1.29, 1.82) is 0 Å². The lowest BCUT2D eigenvalue weighted by atomic mass is 10.0. The predicted molar refractivity (Wildman–Crippen MR) is 124 cm³/mol. The minimum Gasteiger partial charge on any atom is -0.496 e. The van der Waals surface area contributed by atoms with E-state index in [1.807, 2.05) is 30.3 Å². The van der Waals surface area contributed by atoms with Crippen LogP contribution in [0.25, 0.3) is 11.1 Å². The van der Waals surface area contributed by atoms with Crippen molar-refractivity contribution in [2.45, 2.75) is 6.92 Å². The van der Waals surface area contributed by atoms with E-state index in [1.165, 1.54) is 25.6 Å². The van der Waals surface area contributed by atoms with Crippen molar-refractivity contribution < 1.29 is 33.3 Å². The molecule has 8 nitrogen and oxygen atoms in total. The molecule has 0 atom stereocenters. The molecule has 172 valence electrons. The van der Waals surface area contributed by atoms with E-state index in [1.54, 1.807) is 30.5 Å². The number of methoxy groups -OCH3 is 2. The average Bonchev–Trinajstić information content (AvgIpc) is 3.26. The van der Waals surface area contributed by atoms with E-state index in [0.29, 0.717) is 10.6 Å². The number of carbonyl (C=O) groups excluding carboxylic acids is 3. The van der Waals surface area contributed by atoms with E-state index in [4.69, 9.17) is 18.9 Å². The third kappa shape index (κ3) is 5.50. The molecule has 0 aliphatic carbocycles. The summed E-state index contributed by atoms with van der Waals surface area (Å²) >= 11 is 1.18. The van der Waals surface area contributed by atoms with Crippen molar-refractivity contribution in [2.75, 3.05) is 32.8 Å². The number of carbonyl (C=O) groups is 3. The lowest BCUT2D eigenvalue weighted by molar-refractivity contribution is -0.119. The summed E-state index contributed by atoms with van der Waals surface area (Å²) in [4.78, 5) is 37.7. The molecule has 0 saturated carbocycles. The summed E-state index contributed by atoms with van der Waals surface area (Å²) in [6.45, 7) is 1.33. The van der Waals surface area contributed by atoms with Crippen molar-refractivity contribution in [3.63, 3.8) is 0 Å². The number of benzene rings is 2. The molecule has 1 aromatic heterocycles. The molecule has 1 heterocycles. The SMILES string of the molecule is CCOC(=O)c1c(-c2ccccc2)csc1NC(=O)COC(=O)c1c(OC)cccc1OC. The molecular formula is C24H23NO7S. The van der Waals surface area contributed by atoms with Crippen molar-refractivity contribution in [3.05, 3.63) is 65.0 Å². The van der Waals surface area contributed by atoms with Crippen LogP contribution in [0.15, 0.2) is 53.9 Å². The maximum atomic E-state index is 12.6. The van der Waals surface area contributed by atoms with Gasteiger partial charge in [-0.05, 0) is 24.6 Å². The zero-order valence-corrected chi connectivity index (χ0v) is 19.2. The van der Waals surface area contributed by atoms with E-state index >= 15 is 0 Å². The summed E-state index contributed by atoms with van der Waals surface area (Å²) in [6, 6.07) is 14.1. The van der Waals surface area contributed by atoms with Gasteiger partial charge in [0.05, 0.1) is 20.8 Å². The van der Waals surface area contributed by atoms with Gasteiger partial charge in [0.2, 0.25) is 0 Å². The number of amides is 1. The van der Waals surface area contributed by atoms with Crippen LogP contribution in [0.2, 0.25) is 0 Å². The Bertz CT molecular complexity index is 1120. The largest absolute Gasteiger partial charge is 0.496 e. The zero-order valence-electron chi connectivity index (χ0n) is 18.4. The Hall–Kier alpha value is -3.85. The first-order chi connectivity index (χ1) is 16.0. The predicted octanol–water partition coefficient (Wildman–Crippen LogP) is 4.40. The molecule has 0 radical (unpaired) electrons. The summed E-state index contributed by atoms with van der Waals surface area (Å²) in [6.07, 6.45) is 0. The molecule has 3 aromatic rings. The van der Waals surface area contributed by atoms with Crippen LogP contribution in [0.5, 0.6) is 11.5 Å². The average molecular weight is 470 g/mol. The summed E-state index contributed by atoms with van der Waals surface area (Å²) in [5, 5.41) is 4.72. The molecule has 2 aromatic carbocycles. The highest BCUT2D eigenvalue weighted by molar-refractivity contribution is 7.15. The van der Waals surface area contributed by atoms with Crippen LogP contribution in [0.4, 0.5) is 5.00 Å². The molecule has 3 rings (SSSR count). The fraction of sp³-hybridized carbons (Fsp3) is 0.208. The molecule has 9 heteroatoms. The van der Waals surface area contributed by atoms with E-state index in [-0.39, 0.29) is 29.2 Å². The van der Waals surface area contributed by atoms with Crippen molar-refractivity contribution in [3.8, 4) is 22.6 Å². The van der Waals surface area contributed by atoms with E-state index in [2.05, 4.69) is 5.32 Å². The van der Waals surface area contributed by atoms with Gasteiger partial charge in [-0.2, -0.15) is 0 Å². The van der Waals surface area contributed by atoms with Crippen LogP contribution in [0.3, 0.4) is 0 Å². The van der Waals surface area contributed by atoms with Gasteiger partial charge in [0.15, 0.2) is 6.61 Å². The number of anilines is 1. The zero-order chi connectivity index (χ0) is 23.8. The molecule has 1 N–H and O–H groups in total. The van der Waals surface area contributed by atoms with Gasteiger partial charge < -0.3 is 24.3 Å². The Balaban J connectivity index is 1.77.